The lowest BCUT2D eigenvalue weighted by molar-refractivity contribution is -0.147. The molecule has 134 valence electrons. The Morgan fingerprint density at radius 2 is 2.08 bits per heavy atom. The molecule has 6 rings (SSSR count). The van der Waals surface area contributed by atoms with Crippen molar-refractivity contribution < 1.29 is 13.9 Å². The molecule has 4 heterocycles. The van der Waals surface area contributed by atoms with Crippen LogP contribution in [-0.2, 0) is 9.53 Å². The number of halogens is 1. The van der Waals surface area contributed by atoms with Crippen molar-refractivity contribution in [1.29, 1.82) is 0 Å². The second-order valence-corrected chi connectivity index (χ2v) is 8.10. The van der Waals surface area contributed by atoms with Gasteiger partial charge in [0.1, 0.15) is 11.9 Å². The molecule has 25 heavy (non-hydrogen) atoms. The molecule has 3 saturated heterocycles. The average Bonchev–Trinajstić information content (AvgIpc) is 3.08. The highest BCUT2D eigenvalue weighted by atomic mass is 19.1. The van der Waals surface area contributed by atoms with Crippen LogP contribution in [0.4, 0.5) is 15.8 Å². The van der Waals surface area contributed by atoms with E-state index in [1.165, 1.54) is 25.0 Å². The molecule has 4 aliphatic heterocycles. The number of carbonyl (C=O) groups is 1. The maximum Gasteiger partial charge on any atom is 0.257 e. The summed E-state index contributed by atoms with van der Waals surface area (Å²) in [5.74, 6) is 0.544. The van der Waals surface area contributed by atoms with Gasteiger partial charge in [-0.25, -0.2) is 4.39 Å². The van der Waals surface area contributed by atoms with E-state index in [9.17, 15) is 9.18 Å². The number of hydrogen-bond donors (Lipinski definition) is 0. The van der Waals surface area contributed by atoms with Gasteiger partial charge >= 0.3 is 0 Å². The Bertz CT molecular complexity index is 719. The van der Waals surface area contributed by atoms with Crippen LogP contribution in [0.3, 0.4) is 0 Å². The van der Waals surface area contributed by atoms with Crippen LogP contribution in [0.15, 0.2) is 18.2 Å². The first-order chi connectivity index (χ1) is 12.1. The molecule has 4 fully saturated rings. The van der Waals surface area contributed by atoms with Crippen molar-refractivity contribution in [2.24, 2.45) is 5.92 Å². The second-order valence-electron chi connectivity index (χ2n) is 8.10. The molecule has 5 aliphatic rings. The number of nitrogens with zero attached hydrogens (tertiary/aromatic N) is 3. The number of rotatable bonds is 1. The summed E-state index contributed by atoms with van der Waals surface area (Å²) in [6, 6.07) is 4.68. The number of fused-ring (bicyclic) bond motifs is 1. The Labute approximate surface area is 147 Å². The monoisotopic (exact) mass is 345 g/mol. The van der Waals surface area contributed by atoms with E-state index in [4.69, 9.17) is 4.74 Å². The second kappa shape index (κ2) is 5.42. The molecule has 6 heteroatoms. The molecule has 0 aromatic heterocycles. The standard InChI is InChI=1S/C19H24FN3O2/c1-21-5-2-6-23(15-4-3-14(20)7-16(15)21)18(24)17-11-22-10-13-8-19(22,9-13)12-25-17/h3-4,7,13,17H,2,5-6,8-12H2,1H3. The fraction of sp³-hybridized carbons (Fsp3) is 0.632. The largest absolute Gasteiger partial charge is 0.373 e. The van der Waals surface area contributed by atoms with Crippen LogP contribution in [0.2, 0.25) is 0 Å². The third-order valence-electron chi connectivity index (χ3n) is 6.48. The van der Waals surface area contributed by atoms with Gasteiger partial charge in [-0.15, -0.1) is 0 Å². The van der Waals surface area contributed by atoms with E-state index in [2.05, 4.69) is 4.90 Å². The Morgan fingerprint density at radius 3 is 2.92 bits per heavy atom. The molecule has 5 nitrogen and oxygen atoms in total. The van der Waals surface area contributed by atoms with Crippen molar-refractivity contribution in [2.75, 3.05) is 49.6 Å². The van der Waals surface area contributed by atoms with Crippen LogP contribution in [0.1, 0.15) is 19.3 Å². The molecular weight excluding hydrogens is 321 g/mol. The molecule has 0 N–H and O–H groups in total. The summed E-state index contributed by atoms with van der Waals surface area (Å²) in [4.78, 5) is 19.5. The summed E-state index contributed by atoms with van der Waals surface area (Å²) < 4.78 is 19.7. The van der Waals surface area contributed by atoms with Gasteiger partial charge in [-0.2, -0.15) is 0 Å². The van der Waals surface area contributed by atoms with Crippen molar-refractivity contribution in [2.45, 2.75) is 30.9 Å². The Morgan fingerprint density at radius 1 is 1.24 bits per heavy atom. The number of carbonyl (C=O) groups excluding carboxylic acids is 1. The van der Waals surface area contributed by atoms with Crippen molar-refractivity contribution in [3.63, 3.8) is 0 Å². The molecule has 1 amide bonds. The first-order valence-electron chi connectivity index (χ1n) is 9.24. The van der Waals surface area contributed by atoms with Crippen LogP contribution >= 0.6 is 0 Å². The van der Waals surface area contributed by atoms with Crippen LogP contribution in [0.5, 0.6) is 0 Å². The highest BCUT2D eigenvalue weighted by molar-refractivity contribution is 6.00. The molecule has 2 bridgehead atoms. The highest BCUT2D eigenvalue weighted by Crippen LogP contribution is 2.52. The number of hydrogen-bond acceptors (Lipinski definition) is 4. The zero-order valence-corrected chi connectivity index (χ0v) is 14.6. The Hall–Kier alpha value is -1.66. The number of morpholine rings is 1. The maximum atomic E-state index is 13.7. The lowest BCUT2D eigenvalue weighted by Crippen LogP contribution is -2.60. The van der Waals surface area contributed by atoms with Gasteiger partial charge in [-0.1, -0.05) is 0 Å². The van der Waals surface area contributed by atoms with Crippen molar-refractivity contribution in [1.82, 2.24) is 4.90 Å². The van der Waals surface area contributed by atoms with Crippen molar-refractivity contribution in [3.8, 4) is 0 Å². The van der Waals surface area contributed by atoms with Gasteiger partial charge in [-0.05, 0) is 43.4 Å². The topological polar surface area (TPSA) is 36.0 Å². The zero-order chi connectivity index (χ0) is 17.2. The molecule has 1 aromatic carbocycles. The fourth-order valence-electron chi connectivity index (χ4n) is 5.18. The van der Waals surface area contributed by atoms with Crippen LogP contribution in [0, 0.1) is 11.7 Å². The van der Waals surface area contributed by atoms with E-state index < -0.39 is 6.10 Å². The van der Waals surface area contributed by atoms with Gasteiger partial charge in [-0.3, -0.25) is 9.69 Å². The molecule has 1 aliphatic carbocycles. The minimum absolute atomic E-state index is 0.0158. The molecule has 1 atom stereocenters. The van der Waals surface area contributed by atoms with Crippen molar-refractivity contribution >= 4 is 17.3 Å². The summed E-state index contributed by atoms with van der Waals surface area (Å²) >= 11 is 0. The first-order valence-corrected chi connectivity index (χ1v) is 9.24. The smallest absolute Gasteiger partial charge is 0.257 e. The van der Waals surface area contributed by atoms with Gasteiger partial charge < -0.3 is 14.5 Å². The SMILES string of the molecule is CN1CCCN(C(=O)C2CN3CC4CC3(CO2)C4)c2ccc(F)cc21. The number of benzene rings is 1. The molecule has 0 radical (unpaired) electrons. The lowest BCUT2D eigenvalue weighted by Gasteiger charge is -2.47. The van der Waals surface area contributed by atoms with Gasteiger partial charge in [0.2, 0.25) is 0 Å². The van der Waals surface area contributed by atoms with E-state index >= 15 is 0 Å². The van der Waals surface area contributed by atoms with Gasteiger partial charge in [0, 0.05) is 38.8 Å². The number of ether oxygens (including phenoxy) is 1. The highest BCUT2D eigenvalue weighted by Gasteiger charge is 2.59. The van der Waals surface area contributed by atoms with Gasteiger partial charge in [0.15, 0.2) is 0 Å². The minimum Gasteiger partial charge on any atom is -0.373 e. The molecular formula is C19H24FN3O2. The molecule has 1 aromatic rings. The number of amides is 1. The average molecular weight is 345 g/mol. The Kier molecular flexibility index (Phi) is 3.38. The minimum atomic E-state index is -0.411. The summed E-state index contributed by atoms with van der Waals surface area (Å²) in [6.07, 6.45) is 2.90. The maximum absolute atomic E-state index is 13.7. The quantitative estimate of drug-likeness (QED) is 0.778. The predicted molar refractivity (Wildman–Crippen MR) is 93.4 cm³/mol. The molecule has 1 saturated carbocycles. The van der Waals surface area contributed by atoms with E-state index in [1.807, 2.05) is 11.9 Å². The van der Waals surface area contributed by atoms with Crippen LogP contribution in [-0.4, -0.2) is 62.3 Å². The van der Waals surface area contributed by atoms with Crippen LogP contribution in [0.25, 0.3) is 0 Å². The predicted octanol–water partition coefficient (Wildman–Crippen LogP) is 1.86. The summed E-state index contributed by atoms with van der Waals surface area (Å²) in [7, 11) is 1.95. The van der Waals surface area contributed by atoms with Crippen LogP contribution < -0.4 is 9.80 Å². The van der Waals surface area contributed by atoms with E-state index in [1.54, 1.807) is 11.0 Å². The van der Waals surface area contributed by atoms with Gasteiger partial charge in [0.25, 0.3) is 5.91 Å². The first kappa shape index (κ1) is 15.6. The fourth-order valence-corrected chi connectivity index (χ4v) is 5.18. The lowest BCUT2D eigenvalue weighted by atomic mass is 9.73. The normalized spacial score (nSPS) is 34.2. The number of anilines is 2. The van der Waals surface area contributed by atoms with Crippen molar-refractivity contribution in [3.05, 3.63) is 24.0 Å². The molecule has 1 spiro atoms. The Balaban J connectivity index is 1.41. The third-order valence-corrected chi connectivity index (χ3v) is 6.48. The summed E-state index contributed by atoms with van der Waals surface area (Å²) in [5, 5.41) is 0. The third kappa shape index (κ3) is 2.30. The summed E-state index contributed by atoms with van der Waals surface area (Å²) in [5.41, 5.74) is 1.80. The van der Waals surface area contributed by atoms with E-state index in [-0.39, 0.29) is 17.3 Å². The molecule has 1 unspecified atom stereocenters. The van der Waals surface area contributed by atoms with Gasteiger partial charge in [0.05, 0.1) is 18.0 Å². The summed E-state index contributed by atoms with van der Waals surface area (Å²) in [6.45, 7) is 3.93. The zero-order valence-electron chi connectivity index (χ0n) is 14.6. The van der Waals surface area contributed by atoms with E-state index in [0.717, 1.165) is 36.8 Å². The van der Waals surface area contributed by atoms with E-state index in [0.29, 0.717) is 19.7 Å².